The number of benzene rings is 1. The molecule has 2 aliphatic carbocycles. The highest BCUT2D eigenvalue weighted by molar-refractivity contribution is 5.70. The lowest BCUT2D eigenvalue weighted by Crippen LogP contribution is -2.29. The van der Waals surface area contributed by atoms with Crippen LogP contribution in [0.3, 0.4) is 0 Å². The van der Waals surface area contributed by atoms with E-state index in [0.29, 0.717) is 36.5 Å². The van der Waals surface area contributed by atoms with E-state index in [0.717, 1.165) is 30.7 Å². The highest BCUT2D eigenvalue weighted by Crippen LogP contribution is 2.32. The predicted molar refractivity (Wildman–Crippen MR) is 121 cm³/mol. The quantitative estimate of drug-likeness (QED) is 0.610. The molecule has 0 aliphatic heterocycles. The Bertz CT molecular complexity index is 970. The Kier molecular flexibility index (Phi) is 7.15. The largest absolute Gasteiger partial charge is 0.490 e. The van der Waals surface area contributed by atoms with Crippen LogP contribution in [-0.4, -0.2) is 56.8 Å². The second-order valence-corrected chi connectivity index (χ2v) is 9.18. The highest BCUT2D eigenvalue weighted by Gasteiger charge is 2.28. The fourth-order valence-electron chi connectivity index (χ4n) is 4.24. The molecule has 0 unspecified atom stereocenters. The fraction of sp³-hybridized carbons (Fsp3) is 0.583. The number of carboxylic acid groups (broad SMARTS) is 1. The molecule has 2 aliphatic rings. The van der Waals surface area contributed by atoms with Gasteiger partial charge in [0.05, 0.1) is 12.0 Å². The van der Waals surface area contributed by atoms with Gasteiger partial charge in [0.25, 0.3) is 0 Å². The third-order valence-electron chi connectivity index (χ3n) is 6.56. The number of carboxylic acids is 1. The van der Waals surface area contributed by atoms with Crippen LogP contribution < -0.4 is 4.74 Å². The summed E-state index contributed by atoms with van der Waals surface area (Å²) in [6, 6.07) is 7.50. The molecule has 2 saturated carbocycles. The maximum absolute atomic E-state index is 12.3. The van der Waals surface area contributed by atoms with Crippen LogP contribution in [0.4, 0.5) is 4.79 Å². The topological polar surface area (TPSA) is 107 Å². The van der Waals surface area contributed by atoms with Crippen molar-refractivity contribution >= 4 is 12.1 Å². The number of aryl methyl sites for hydroxylation is 1. The summed E-state index contributed by atoms with van der Waals surface area (Å²) in [6.07, 6.45) is 6.08. The van der Waals surface area contributed by atoms with Crippen molar-refractivity contribution in [2.75, 3.05) is 13.6 Å². The Morgan fingerprint density at radius 3 is 2.64 bits per heavy atom. The number of ether oxygens (including phenoxy) is 2. The molecule has 1 heterocycles. The summed E-state index contributed by atoms with van der Waals surface area (Å²) in [6.45, 7) is 0.790. The van der Waals surface area contributed by atoms with E-state index in [-0.39, 0.29) is 24.7 Å². The van der Waals surface area contributed by atoms with Crippen LogP contribution in [0.25, 0.3) is 11.3 Å². The van der Waals surface area contributed by atoms with Gasteiger partial charge in [-0.2, -0.15) is 0 Å². The minimum absolute atomic E-state index is 0.0857. The van der Waals surface area contributed by atoms with E-state index in [4.69, 9.17) is 9.47 Å². The molecule has 178 valence electrons. The minimum Gasteiger partial charge on any atom is -0.490 e. The van der Waals surface area contributed by atoms with Crippen LogP contribution in [0.2, 0.25) is 0 Å². The smallest absolute Gasteiger partial charge is 0.409 e. The molecule has 1 amide bonds. The van der Waals surface area contributed by atoms with Crippen LogP contribution in [0.5, 0.6) is 5.75 Å². The summed E-state index contributed by atoms with van der Waals surface area (Å²) in [5, 5.41) is 17.6. The summed E-state index contributed by atoms with van der Waals surface area (Å²) >= 11 is 0. The zero-order valence-electron chi connectivity index (χ0n) is 19.3. The summed E-state index contributed by atoms with van der Waals surface area (Å²) < 4.78 is 13.2. The zero-order chi connectivity index (χ0) is 23.4. The van der Waals surface area contributed by atoms with Gasteiger partial charge in [0.2, 0.25) is 0 Å². The van der Waals surface area contributed by atoms with Gasteiger partial charge >= 0.3 is 12.1 Å². The first-order valence-electron chi connectivity index (χ1n) is 11.7. The second kappa shape index (κ2) is 10.2. The van der Waals surface area contributed by atoms with E-state index < -0.39 is 5.97 Å². The van der Waals surface area contributed by atoms with Crippen molar-refractivity contribution in [2.24, 2.45) is 18.9 Å². The Balaban J connectivity index is 1.35. The fourth-order valence-corrected chi connectivity index (χ4v) is 4.24. The number of rotatable bonds is 9. The van der Waals surface area contributed by atoms with Gasteiger partial charge in [0.15, 0.2) is 0 Å². The van der Waals surface area contributed by atoms with E-state index >= 15 is 0 Å². The van der Waals surface area contributed by atoms with Gasteiger partial charge in [0, 0.05) is 26.2 Å². The van der Waals surface area contributed by atoms with Crippen molar-refractivity contribution < 1.29 is 24.2 Å². The number of aromatic nitrogens is 3. The summed E-state index contributed by atoms with van der Waals surface area (Å²) in [4.78, 5) is 25.2. The van der Waals surface area contributed by atoms with Crippen LogP contribution in [0, 0.1) is 11.8 Å². The highest BCUT2D eigenvalue weighted by atomic mass is 16.6. The standard InChI is InChI=1S/C24H32N4O5/c1-27(13-12-16-6-7-16)24(31)32-15-21-22(25-26-28(21)2)17-8-10-19(11-9-17)33-20-5-3-4-18(14-20)23(29)30/h8-11,16,18,20H,3-7,12-15H2,1-2H3,(H,29,30)/t18-,20-/m0/s1. The molecule has 2 fully saturated rings. The zero-order valence-corrected chi connectivity index (χ0v) is 19.3. The van der Waals surface area contributed by atoms with Crippen LogP contribution >= 0.6 is 0 Å². The monoisotopic (exact) mass is 456 g/mol. The maximum atomic E-state index is 12.3. The normalized spacial score (nSPS) is 20.3. The molecule has 33 heavy (non-hydrogen) atoms. The van der Waals surface area contributed by atoms with E-state index in [1.165, 1.54) is 12.8 Å². The molecule has 2 aromatic rings. The minimum atomic E-state index is -0.747. The van der Waals surface area contributed by atoms with Crippen LogP contribution in [0.1, 0.15) is 50.6 Å². The van der Waals surface area contributed by atoms with Crippen LogP contribution in [0.15, 0.2) is 24.3 Å². The summed E-state index contributed by atoms with van der Waals surface area (Å²) in [7, 11) is 3.53. The number of amides is 1. The van der Waals surface area contributed by atoms with Gasteiger partial charge in [0.1, 0.15) is 23.7 Å². The number of nitrogens with zero attached hydrogens (tertiary/aromatic N) is 4. The van der Waals surface area contributed by atoms with E-state index in [9.17, 15) is 14.7 Å². The molecule has 0 bridgehead atoms. The molecule has 1 aromatic heterocycles. The Morgan fingerprint density at radius 2 is 1.94 bits per heavy atom. The molecule has 2 atom stereocenters. The van der Waals surface area contributed by atoms with Gasteiger partial charge in [-0.05, 0) is 62.3 Å². The van der Waals surface area contributed by atoms with Crippen LogP contribution in [-0.2, 0) is 23.2 Å². The van der Waals surface area contributed by atoms with Crippen molar-refractivity contribution in [1.29, 1.82) is 0 Å². The SMILES string of the molecule is CN(CCC1CC1)C(=O)OCc1c(-c2ccc(O[C@H]3CCC[C@H](C(=O)O)C3)cc2)nnn1C. The first-order chi connectivity index (χ1) is 15.9. The van der Waals surface area contributed by atoms with Gasteiger partial charge in [-0.15, -0.1) is 5.10 Å². The lowest BCUT2D eigenvalue weighted by molar-refractivity contribution is -0.143. The number of hydrogen-bond acceptors (Lipinski definition) is 6. The molecule has 9 nitrogen and oxygen atoms in total. The average Bonchev–Trinajstić information content (AvgIpc) is 3.57. The lowest BCUT2D eigenvalue weighted by Gasteiger charge is -2.27. The third-order valence-corrected chi connectivity index (χ3v) is 6.56. The summed E-state index contributed by atoms with van der Waals surface area (Å²) in [5.74, 6) is 0.380. The molecule has 0 spiro atoms. The van der Waals surface area contributed by atoms with Crippen molar-refractivity contribution in [1.82, 2.24) is 19.9 Å². The molecule has 1 aromatic carbocycles. The second-order valence-electron chi connectivity index (χ2n) is 9.18. The van der Waals surface area contributed by atoms with Crippen molar-refractivity contribution in [3.63, 3.8) is 0 Å². The summed E-state index contributed by atoms with van der Waals surface area (Å²) in [5.41, 5.74) is 2.21. The van der Waals surface area contributed by atoms with Crippen molar-refractivity contribution in [3.8, 4) is 17.0 Å². The molecular weight excluding hydrogens is 424 g/mol. The molecule has 0 radical (unpaired) electrons. The van der Waals surface area contributed by atoms with E-state index in [1.54, 1.807) is 23.7 Å². The van der Waals surface area contributed by atoms with Crippen molar-refractivity contribution in [2.45, 2.75) is 57.7 Å². The third kappa shape index (κ3) is 6.03. The lowest BCUT2D eigenvalue weighted by atomic mass is 9.87. The first-order valence-corrected chi connectivity index (χ1v) is 11.7. The van der Waals surface area contributed by atoms with Crippen molar-refractivity contribution in [3.05, 3.63) is 30.0 Å². The number of carbonyl (C=O) groups is 2. The molecule has 1 N–H and O–H groups in total. The van der Waals surface area contributed by atoms with E-state index in [1.807, 2.05) is 24.3 Å². The van der Waals surface area contributed by atoms with Gasteiger partial charge < -0.3 is 19.5 Å². The Labute approximate surface area is 193 Å². The molecular formula is C24H32N4O5. The Morgan fingerprint density at radius 1 is 1.18 bits per heavy atom. The number of aliphatic carboxylic acids is 1. The molecule has 0 saturated heterocycles. The van der Waals surface area contributed by atoms with E-state index in [2.05, 4.69) is 10.3 Å². The maximum Gasteiger partial charge on any atom is 0.409 e. The van der Waals surface area contributed by atoms with Gasteiger partial charge in [-0.25, -0.2) is 9.48 Å². The predicted octanol–water partition coefficient (Wildman–Crippen LogP) is 3.87. The molecule has 4 rings (SSSR count). The van der Waals surface area contributed by atoms with Gasteiger partial charge in [-0.3, -0.25) is 4.79 Å². The number of hydrogen-bond donors (Lipinski definition) is 1. The first kappa shape index (κ1) is 23.1. The van der Waals surface area contributed by atoms with Gasteiger partial charge in [-0.1, -0.05) is 18.1 Å². The number of carbonyl (C=O) groups excluding carboxylic acids is 1. The molecule has 9 heteroatoms. The Hall–Kier alpha value is -3.10. The average molecular weight is 457 g/mol.